The van der Waals surface area contributed by atoms with Crippen molar-refractivity contribution in [2.24, 2.45) is 10.4 Å². The number of hydrogen-bond acceptors (Lipinski definition) is 3. The minimum Gasteiger partial charge on any atom is -0.382 e. The van der Waals surface area contributed by atoms with Gasteiger partial charge in [-0.15, -0.1) is 0 Å². The molecule has 1 aromatic rings. The molecule has 2 rings (SSSR count). The average molecular weight is 361 g/mol. The number of nitrogens with one attached hydrogen (secondary N) is 2. The van der Waals surface area contributed by atoms with Crippen LogP contribution in [0.5, 0.6) is 0 Å². The van der Waals surface area contributed by atoms with Crippen LogP contribution in [-0.2, 0) is 4.74 Å². The van der Waals surface area contributed by atoms with Gasteiger partial charge in [-0.25, -0.2) is 0 Å². The van der Waals surface area contributed by atoms with Gasteiger partial charge in [0.25, 0.3) is 0 Å². The van der Waals surface area contributed by atoms with Crippen molar-refractivity contribution in [2.75, 3.05) is 51.3 Å². The summed E-state index contributed by atoms with van der Waals surface area (Å²) in [7, 11) is 1.84. The predicted molar refractivity (Wildman–Crippen MR) is 111 cm³/mol. The van der Waals surface area contributed by atoms with Gasteiger partial charge in [-0.2, -0.15) is 0 Å². The van der Waals surface area contributed by atoms with Crippen molar-refractivity contribution in [1.29, 1.82) is 0 Å². The number of rotatable bonds is 12. The number of aliphatic imine (C=N–C) groups is 1. The Morgan fingerprint density at radius 1 is 1.19 bits per heavy atom. The minimum atomic E-state index is 0.430. The maximum absolute atomic E-state index is 5.51. The van der Waals surface area contributed by atoms with Crippen molar-refractivity contribution >= 4 is 11.6 Å². The normalized spacial score (nSPS) is 15.6. The van der Waals surface area contributed by atoms with Crippen LogP contribution in [0.25, 0.3) is 0 Å². The van der Waals surface area contributed by atoms with E-state index in [9.17, 15) is 0 Å². The van der Waals surface area contributed by atoms with Crippen LogP contribution in [0.2, 0.25) is 0 Å². The fourth-order valence-corrected chi connectivity index (χ4v) is 3.20. The molecule has 0 amide bonds. The topological polar surface area (TPSA) is 48.9 Å². The molecule has 1 aliphatic carbocycles. The van der Waals surface area contributed by atoms with Gasteiger partial charge in [0.15, 0.2) is 5.96 Å². The second-order valence-electron chi connectivity index (χ2n) is 7.07. The number of hydrogen-bond donors (Lipinski definition) is 2. The van der Waals surface area contributed by atoms with Crippen LogP contribution >= 0.6 is 0 Å². The van der Waals surface area contributed by atoms with Gasteiger partial charge in [0.1, 0.15) is 0 Å². The summed E-state index contributed by atoms with van der Waals surface area (Å²) < 4.78 is 5.51. The van der Waals surface area contributed by atoms with E-state index in [4.69, 9.17) is 4.74 Å². The zero-order chi connectivity index (χ0) is 18.7. The third-order valence-corrected chi connectivity index (χ3v) is 5.19. The van der Waals surface area contributed by atoms with Gasteiger partial charge in [-0.1, -0.05) is 18.2 Å². The summed E-state index contributed by atoms with van der Waals surface area (Å²) in [5.41, 5.74) is 1.72. The average Bonchev–Trinajstić information content (AvgIpc) is 3.45. The third-order valence-electron chi connectivity index (χ3n) is 5.19. The smallest absolute Gasteiger partial charge is 0.190 e. The number of guanidine groups is 1. The molecule has 0 atom stereocenters. The van der Waals surface area contributed by atoms with Crippen LogP contribution in [0, 0.1) is 5.41 Å². The van der Waals surface area contributed by atoms with E-state index in [2.05, 4.69) is 64.7 Å². The fourth-order valence-electron chi connectivity index (χ4n) is 3.20. The number of nitrogens with zero attached hydrogens (tertiary/aromatic N) is 2. The highest BCUT2D eigenvalue weighted by atomic mass is 16.5. The lowest BCUT2D eigenvalue weighted by atomic mass is 10.0. The summed E-state index contributed by atoms with van der Waals surface area (Å²) in [4.78, 5) is 6.77. The van der Waals surface area contributed by atoms with Gasteiger partial charge >= 0.3 is 0 Å². The first-order valence-electron chi connectivity index (χ1n) is 10.1. The predicted octanol–water partition coefficient (Wildman–Crippen LogP) is 3.27. The first-order valence-corrected chi connectivity index (χ1v) is 10.1. The van der Waals surface area contributed by atoms with E-state index in [0.29, 0.717) is 5.41 Å². The second-order valence-corrected chi connectivity index (χ2v) is 7.07. The van der Waals surface area contributed by atoms with Gasteiger partial charge in [-0.3, -0.25) is 4.99 Å². The Labute approximate surface area is 159 Å². The molecule has 0 unspecified atom stereocenters. The molecule has 0 bridgehead atoms. The number of benzene rings is 1. The van der Waals surface area contributed by atoms with Gasteiger partial charge in [0, 0.05) is 52.1 Å². The first kappa shape index (κ1) is 20.6. The number of anilines is 1. The Hall–Kier alpha value is -1.75. The maximum Gasteiger partial charge on any atom is 0.190 e. The van der Waals surface area contributed by atoms with Gasteiger partial charge in [0.2, 0.25) is 0 Å². The highest BCUT2D eigenvalue weighted by Gasteiger charge is 2.41. The van der Waals surface area contributed by atoms with Crippen molar-refractivity contribution < 1.29 is 4.74 Å². The minimum absolute atomic E-state index is 0.430. The molecule has 0 saturated heterocycles. The first-order chi connectivity index (χ1) is 12.7. The molecule has 26 heavy (non-hydrogen) atoms. The molecule has 0 spiro atoms. The second kappa shape index (κ2) is 11.1. The van der Waals surface area contributed by atoms with Crippen molar-refractivity contribution in [2.45, 2.75) is 39.5 Å². The van der Waals surface area contributed by atoms with E-state index in [1.807, 2.05) is 7.05 Å². The summed E-state index contributed by atoms with van der Waals surface area (Å²) >= 11 is 0. The molecule has 1 aromatic carbocycles. The zero-order valence-electron chi connectivity index (χ0n) is 16.8. The summed E-state index contributed by atoms with van der Waals surface area (Å²) in [6.07, 6.45) is 4.82. The summed E-state index contributed by atoms with van der Waals surface area (Å²) in [5.74, 6) is 0.912. The van der Waals surface area contributed by atoms with E-state index in [1.54, 1.807) is 0 Å². The number of para-hydroxylation sites is 1. The van der Waals surface area contributed by atoms with E-state index in [0.717, 1.165) is 58.2 Å². The number of ether oxygens (including phenoxy) is 1. The quantitative estimate of drug-likeness (QED) is 0.341. The highest BCUT2D eigenvalue weighted by Crippen LogP contribution is 2.48. The Bertz CT molecular complexity index is 528. The Balaban J connectivity index is 1.64. The van der Waals surface area contributed by atoms with Gasteiger partial charge in [-0.05, 0) is 57.1 Å². The maximum atomic E-state index is 5.51. The molecule has 0 radical (unpaired) electrons. The molecule has 5 heteroatoms. The zero-order valence-corrected chi connectivity index (χ0v) is 16.8. The molecule has 2 N–H and O–H groups in total. The molecule has 146 valence electrons. The largest absolute Gasteiger partial charge is 0.382 e. The lowest BCUT2D eigenvalue weighted by molar-refractivity contribution is 0.128. The Morgan fingerprint density at radius 2 is 1.96 bits per heavy atom. The molecule has 0 heterocycles. The summed E-state index contributed by atoms with van der Waals surface area (Å²) in [6.45, 7) is 9.93. The van der Waals surface area contributed by atoms with Crippen molar-refractivity contribution in [3.8, 4) is 0 Å². The van der Waals surface area contributed by atoms with Crippen LogP contribution in [0.4, 0.5) is 5.69 Å². The molecule has 1 fully saturated rings. The van der Waals surface area contributed by atoms with E-state index >= 15 is 0 Å². The molecule has 1 saturated carbocycles. The molecule has 0 aliphatic heterocycles. The van der Waals surface area contributed by atoms with Crippen LogP contribution in [-0.4, -0.2) is 52.4 Å². The lowest BCUT2D eigenvalue weighted by Crippen LogP contribution is -2.41. The van der Waals surface area contributed by atoms with Crippen LogP contribution < -0.4 is 15.5 Å². The van der Waals surface area contributed by atoms with Crippen LogP contribution in [0.3, 0.4) is 0 Å². The molecule has 5 nitrogen and oxygen atoms in total. The summed E-state index contributed by atoms with van der Waals surface area (Å²) in [6, 6.07) is 10.6. The van der Waals surface area contributed by atoms with Crippen molar-refractivity contribution in [3.63, 3.8) is 0 Å². The van der Waals surface area contributed by atoms with Crippen LogP contribution in [0.1, 0.15) is 39.5 Å². The molecular weight excluding hydrogens is 324 g/mol. The summed E-state index contributed by atoms with van der Waals surface area (Å²) in [5, 5.41) is 6.95. The van der Waals surface area contributed by atoms with Crippen LogP contribution in [0.15, 0.2) is 35.3 Å². The van der Waals surface area contributed by atoms with Crippen molar-refractivity contribution in [3.05, 3.63) is 30.3 Å². The van der Waals surface area contributed by atoms with E-state index < -0.39 is 0 Å². The monoisotopic (exact) mass is 360 g/mol. The van der Waals surface area contributed by atoms with E-state index in [-0.39, 0.29) is 0 Å². The fraction of sp³-hybridized carbons (Fsp3) is 0.667. The van der Waals surface area contributed by atoms with Gasteiger partial charge in [0.05, 0.1) is 0 Å². The van der Waals surface area contributed by atoms with E-state index in [1.165, 1.54) is 18.5 Å². The highest BCUT2D eigenvalue weighted by molar-refractivity contribution is 5.79. The molecular formula is C21H36N4O. The molecule has 1 aliphatic rings. The molecule has 0 aromatic heterocycles. The SMILES string of the molecule is CCOCCC1(CNC(=NC)NCCCN(CC)c2ccccc2)CC1. The third kappa shape index (κ3) is 6.87. The van der Waals surface area contributed by atoms with Gasteiger partial charge < -0.3 is 20.3 Å². The lowest BCUT2D eigenvalue weighted by Gasteiger charge is -2.23. The Morgan fingerprint density at radius 3 is 2.58 bits per heavy atom. The standard InChI is InChI=1S/C21H36N4O/c1-4-25(19-10-7-6-8-11-19)16-9-15-23-20(22-3)24-18-21(12-13-21)14-17-26-5-2/h6-8,10-11H,4-5,9,12-18H2,1-3H3,(H2,22,23,24). The Kier molecular flexibility index (Phi) is 8.75. The van der Waals surface area contributed by atoms with Crippen molar-refractivity contribution in [1.82, 2.24) is 10.6 Å².